The molecule has 0 aromatic heterocycles. The zero-order valence-electron chi connectivity index (χ0n) is 9.32. The molecule has 1 N–H and O–H groups in total. The van der Waals surface area contributed by atoms with Gasteiger partial charge in [-0.3, -0.25) is 4.79 Å². The van der Waals surface area contributed by atoms with Crippen LogP contribution < -0.4 is 5.32 Å². The normalized spacial score (nSPS) is 8.93. The summed E-state index contributed by atoms with van der Waals surface area (Å²) in [5.74, 6) is -2.43. The molecule has 0 bridgehead atoms. The van der Waals surface area contributed by atoms with Crippen molar-refractivity contribution in [2.45, 2.75) is 20.8 Å². The molecule has 0 saturated heterocycles. The lowest BCUT2D eigenvalue weighted by Gasteiger charge is -2.03. The fourth-order valence-electron chi connectivity index (χ4n) is 1.04. The van der Waals surface area contributed by atoms with Crippen LogP contribution in [0.15, 0.2) is 12.1 Å². The van der Waals surface area contributed by atoms with Crippen LogP contribution in [0.2, 0.25) is 0 Å². The van der Waals surface area contributed by atoms with Crippen molar-refractivity contribution in [3.8, 4) is 0 Å². The van der Waals surface area contributed by atoms with E-state index < -0.39 is 23.1 Å². The number of rotatable bonds is 1. The predicted molar refractivity (Wildman–Crippen MR) is 55.8 cm³/mol. The van der Waals surface area contributed by atoms with Crippen molar-refractivity contribution in [3.05, 3.63) is 34.9 Å². The van der Waals surface area contributed by atoms with Crippen LogP contribution in [0.3, 0.4) is 0 Å². The van der Waals surface area contributed by atoms with E-state index >= 15 is 0 Å². The quantitative estimate of drug-likeness (QED) is 0.766. The van der Waals surface area contributed by atoms with Gasteiger partial charge in [-0.25, -0.2) is 8.78 Å². The van der Waals surface area contributed by atoms with Gasteiger partial charge in [-0.2, -0.15) is 0 Å². The first-order valence-corrected chi connectivity index (χ1v) is 4.74. The molecular formula is C11H15F2NO. The summed E-state index contributed by atoms with van der Waals surface area (Å²) in [5, 5.41) is 2.16. The molecule has 84 valence electrons. The molecule has 0 heterocycles. The maximum Gasteiger partial charge on any atom is 0.256 e. The average Bonchev–Trinajstić information content (AvgIpc) is 2.19. The van der Waals surface area contributed by atoms with E-state index in [0.717, 1.165) is 12.1 Å². The van der Waals surface area contributed by atoms with Crippen LogP contribution in [-0.4, -0.2) is 13.0 Å². The summed E-state index contributed by atoms with van der Waals surface area (Å²) in [6.45, 7) is 5.56. The Hall–Kier alpha value is -1.45. The second-order valence-electron chi connectivity index (χ2n) is 2.68. The van der Waals surface area contributed by atoms with E-state index in [0.29, 0.717) is 5.56 Å². The minimum Gasteiger partial charge on any atom is -0.355 e. The Morgan fingerprint density at radius 2 is 1.60 bits per heavy atom. The summed E-state index contributed by atoms with van der Waals surface area (Å²) < 4.78 is 26.1. The van der Waals surface area contributed by atoms with Crippen LogP contribution in [0.25, 0.3) is 0 Å². The first kappa shape index (κ1) is 13.5. The van der Waals surface area contributed by atoms with Crippen molar-refractivity contribution >= 4 is 5.91 Å². The largest absolute Gasteiger partial charge is 0.355 e. The van der Waals surface area contributed by atoms with Crippen LogP contribution >= 0.6 is 0 Å². The van der Waals surface area contributed by atoms with Crippen molar-refractivity contribution in [3.63, 3.8) is 0 Å². The molecule has 0 aliphatic rings. The van der Waals surface area contributed by atoms with Gasteiger partial charge in [0.2, 0.25) is 0 Å². The molecule has 0 radical (unpaired) electrons. The SMILES string of the molecule is CC.CNC(=O)c1c(F)cc(C)cc1F. The molecule has 0 unspecified atom stereocenters. The number of benzene rings is 1. The van der Waals surface area contributed by atoms with Gasteiger partial charge in [0.15, 0.2) is 0 Å². The number of halogens is 2. The Morgan fingerprint density at radius 3 is 1.93 bits per heavy atom. The number of hydrogen-bond donors (Lipinski definition) is 1. The van der Waals surface area contributed by atoms with E-state index in [-0.39, 0.29) is 0 Å². The van der Waals surface area contributed by atoms with Gasteiger partial charge in [0, 0.05) is 7.05 Å². The molecule has 0 aliphatic carbocycles. The highest BCUT2D eigenvalue weighted by molar-refractivity contribution is 5.94. The summed E-state index contributed by atoms with van der Waals surface area (Å²) in [4.78, 5) is 11.0. The maximum atomic E-state index is 13.0. The predicted octanol–water partition coefficient (Wildman–Crippen LogP) is 2.66. The minimum atomic E-state index is -0.836. The summed E-state index contributed by atoms with van der Waals surface area (Å²) in [6, 6.07) is 2.24. The molecule has 1 amide bonds. The molecule has 0 fully saturated rings. The molecule has 2 nitrogen and oxygen atoms in total. The van der Waals surface area contributed by atoms with Crippen LogP contribution in [0.5, 0.6) is 0 Å². The van der Waals surface area contributed by atoms with E-state index in [1.54, 1.807) is 6.92 Å². The molecule has 4 heteroatoms. The Morgan fingerprint density at radius 1 is 1.20 bits per heavy atom. The monoisotopic (exact) mass is 215 g/mol. The highest BCUT2D eigenvalue weighted by Gasteiger charge is 2.16. The van der Waals surface area contributed by atoms with Gasteiger partial charge in [0.05, 0.1) is 0 Å². The smallest absolute Gasteiger partial charge is 0.256 e. The second kappa shape index (κ2) is 6.11. The fraction of sp³-hybridized carbons (Fsp3) is 0.364. The fourth-order valence-corrected chi connectivity index (χ4v) is 1.04. The second-order valence-corrected chi connectivity index (χ2v) is 2.68. The summed E-state index contributed by atoms with van der Waals surface area (Å²) in [7, 11) is 1.32. The molecular weight excluding hydrogens is 200 g/mol. The van der Waals surface area contributed by atoms with Gasteiger partial charge >= 0.3 is 0 Å². The first-order chi connectivity index (χ1) is 7.06. The van der Waals surface area contributed by atoms with Gasteiger partial charge in [0.25, 0.3) is 5.91 Å². The minimum absolute atomic E-state index is 0.447. The Bertz CT molecular complexity index is 327. The molecule has 0 aliphatic heterocycles. The lowest BCUT2D eigenvalue weighted by Crippen LogP contribution is -2.21. The highest BCUT2D eigenvalue weighted by Crippen LogP contribution is 2.14. The van der Waals surface area contributed by atoms with Crippen LogP contribution in [-0.2, 0) is 0 Å². The van der Waals surface area contributed by atoms with Crippen molar-refractivity contribution in [2.24, 2.45) is 0 Å². The van der Waals surface area contributed by atoms with Crippen LogP contribution in [0, 0.1) is 18.6 Å². The lowest BCUT2D eigenvalue weighted by molar-refractivity contribution is 0.0954. The van der Waals surface area contributed by atoms with Gasteiger partial charge in [0.1, 0.15) is 17.2 Å². The van der Waals surface area contributed by atoms with Crippen molar-refractivity contribution in [2.75, 3.05) is 7.05 Å². The maximum absolute atomic E-state index is 13.0. The summed E-state index contributed by atoms with van der Waals surface area (Å²) in [6.07, 6.45) is 0. The molecule has 1 rings (SSSR count). The van der Waals surface area contributed by atoms with Gasteiger partial charge < -0.3 is 5.32 Å². The number of amides is 1. The van der Waals surface area contributed by atoms with Crippen LogP contribution in [0.1, 0.15) is 29.8 Å². The number of carbonyl (C=O) groups is 1. The first-order valence-electron chi connectivity index (χ1n) is 4.74. The van der Waals surface area contributed by atoms with Crippen molar-refractivity contribution < 1.29 is 13.6 Å². The lowest BCUT2D eigenvalue weighted by atomic mass is 10.1. The topological polar surface area (TPSA) is 29.1 Å². The Labute approximate surface area is 88.3 Å². The van der Waals surface area contributed by atoms with E-state index in [4.69, 9.17) is 0 Å². The van der Waals surface area contributed by atoms with E-state index in [1.807, 2.05) is 13.8 Å². The van der Waals surface area contributed by atoms with Crippen molar-refractivity contribution in [1.82, 2.24) is 5.32 Å². The van der Waals surface area contributed by atoms with E-state index in [1.165, 1.54) is 7.05 Å². The Kier molecular flexibility index (Phi) is 5.52. The third kappa shape index (κ3) is 3.31. The molecule has 0 atom stereocenters. The number of nitrogens with one attached hydrogen (secondary N) is 1. The molecule has 1 aromatic rings. The molecule has 0 saturated carbocycles. The Balaban J connectivity index is 0.000000921. The van der Waals surface area contributed by atoms with Gasteiger partial charge in [-0.15, -0.1) is 0 Å². The number of carbonyl (C=O) groups excluding carboxylic acids is 1. The third-order valence-corrected chi connectivity index (χ3v) is 1.64. The molecule has 0 spiro atoms. The van der Waals surface area contributed by atoms with E-state index in [9.17, 15) is 13.6 Å². The van der Waals surface area contributed by atoms with Gasteiger partial charge in [-0.1, -0.05) is 13.8 Å². The van der Waals surface area contributed by atoms with Crippen molar-refractivity contribution in [1.29, 1.82) is 0 Å². The third-order valence-electron chi connectivity index (χ3n) is 1.64. The van der Waals surface area contributed by atoms with Gasteiger partial charge in [-0.05, 0) is 24.6 Å². The van der Waals surface area contributed by atoms with Crippen LogP contribution in [0.4, 0.5) is 8.78 Å². The zero-order chi connectivity index (χ0) is 12.0. The standard InChI is InChI=1S/C9H9F2NO.C2H6/c1-5-3-6(10)8(7(11)4-5)9(13)12-2;1-2/h3-4H,1-2H3,(H,12,13);1-2H3. The number of hydrogen-bond acceptors (Lipinski definition) is 1. The molecule has 1 aromatic carbocycles. The zero-order valence-corrected chi connectivity index (χ0v) is 9.32. The average molecular weight is 215 g/mol. The number of aryl methyl sites for hydroxylation is 1. The highest BCUT2D eigenvalue weighted by atomic mass is 19.1. The molecule has 15 heavy (non-hydrogen) atoms. The summed E-state index contributed by atoms with van der Waals surface area (Å²) >= 11 is 0. The van der Waals surface area contributed by atoms with E-state index in [2.05, 4.69) is 5.32 Å². The summed E-state index contributed by atoms with van der Waals surface area (Å²) in [5.41, 5.74) is -0.0873.